The summed E-state index contributed by atoms with van der Waals surface area (Å²) in [4.78, 5) is 12.2. The standard InChI is InChI=1S/C6H2BrF3N2O2/c7-4-3(5(8)9)2(12(13)14)1-11-6(4)10/h1,5H. The number of hydrogen-bond acceptors (Lipinski definition) is 3. The summed E-state index contributed by atoms with van der Waals surface area (Å²) >= 11 is 2.48. The van der Waals surface area contributed by atoms with Crippen molar-refractivity contribution in [3.05, 3.63) is 32.3 Å². The predicted octanol–water partition coefficient (Wildman–Crippen LogP) is 2.83. The number of pyridine rings is 1. The van der Waals surface area contributed by atoms with Crippen LogP contribution in [0.5, 0.6) is 0 Å². The molecular weight excluding hydrogens is 269 g/mol. The SMILES string of the molecule is O=[N+]([O-])c1cnc(F)c(Br)c1C(F)F. The third-order valence-corrected chi connectivity index (χ3v) is 2.16. The summed E-state index contributed by atoms with van der Waals surface area (Å²) in [5, 5.41) is 10.3. The molecule has 1 heterocycles. The zero-order chi connectivity index (χ0) is 10.9. The monoisotopic (exact) mass is 270 g/mol. The predicted molar refractivity (Wildman–Crippen MR) is 43.5 cm³/mol. The molecule has 0 spiro atoms. The Kier molecular flexibility index (Phi) is 3.04. The van der Waals surface area contributed by atoms with Crippen LogP contribution < -0.4 is 0 Å². The minimum absolute atomic E-state index is 0.460. The Morgan fingerprint density at radius 1 is 1.57 bits per heavy atom. The summed E-state index contributed by atoms with van der Waals surface area (Å²) in [6.45, 7) is 0. The second-order valence-electron chi connectivity index (χ2n) is 2.22. The molecule has 0 amide bonds. The number of nitro groups is 1. The van der Waals surface area contributed by atoms with Crippen molar-refractivity contribution < 1.29 is 18.1 Å². The lowest BCUT2D eigenvalue weighted by Gasteiger charge is -2.03. The Morgan fingerprint density at radius 3 is 2.57 bits per heavy atom. The van der Waals surface area contributed by atoms with Gasteiger partial charge in [-0.3, -0.25) is 10.1 Å². The molecule has 0 radical (unpaired) electrons. The number of hydrogen-bond donors (Lipinski definition) is 0. The summed E-state index contributed by atoms with van der Waals surface area (Å²) in [5.74, 6) is -1.20. The molecule has 0 saturated carbocycles. The van der Waals surface area contributed by atoms with E-state index in [1.54, 1.807) is 0 Å². The Balaban J connectivity index is 3.45. The van der Waals surface area contributed by atoms with Crippen molar-refractivity contribution in [1.82, 2.24) is 4.98 Å². The fourth-order valence-electron chi connectivity index (χ4n) is 0.821. The molecule has 1 aromatic heterocycles. The Morgan fingerprint density at radius 2 is 2.14 bits per heavy atom. The molecule has 0 bridgehead atoms. The van der Waals surface area contributed by atoms with Crippen molar-refractivity contribution in [1.29, 1.82) is 0 Å². The van der Waals surface area contributed by atoms with Crippen LogP contribution in [0.25, 0.3) is 0 Å². The first-order valence-corrected chi connectivity index (χ1v) is 4.01. The smallest absolute Gasteiger partial charge is 0.258 e. The van der Waals surface area contributed by atoms with Gasteiger partial charge < -0.3 is 0 Å². The summed E-state index contributed by atoms with van der Waals surface area (Å²) in [7, 11) is 0. The zero-order valence-electron chi connectivity index (χ0n) is 6.38. The van der Waals surface area contributed by atoms with Gasteiger partial charge in [0, 0.05) is 0 Å². The lowest BCUT2D eigenvalue weighted by molar-refractivity contribution is -0.386. The highest BCUT2D eigenvalue weighted by Gasteiger charge is 2.27. The largest absolute Gasteiger partial charge is 0.297 e. The molecule has 0 fully saturated rings. The molecule has 0 N–H and O–H groups in total. The second kappa shape index (κ2) is 3.91. The van der Waals surface area contributed by atoms with Crippen LogP contribution in [-0.4, -0.2) is 9.91 Å². The maximum Gasteiger partial charge on any atom is 0.297 e. The lowest BCUT2D eigenvalue weighted by Crippen LogP contribution is -2.00. The zero-order valence-corrected chi connectivity index (χ0v) is 7.96. The maximum absolute atomic E-state index is 12.7. The summed E-state index contributed by atoms with van der Waals surface area (Å²) < 4.78 is 36.6. The van der Waals surface area contributed by atoms with Crippen molar-refractivity contribution >= 4 is 21.6 Å². The van der Waals surface area contributed by atoms with Crippen LogP contribution >= 0.6 is 15.9 Å². The third kappa shape index (κ3) is 1.84. The number of rotatable bonds is 2. The van der Waals surface area contributed by atoms with E-state index >= 15 is 0 Å². The summed E-state index contributed by atoms with van der Waals surface area (Å²) in [5.41, 5.74) is -1.91. The van der Waals surface area contributed by atoms with Crippen molar-refractivity contribution in [2.24, 2.45) is 0 Å². The molecule has 0 atom stereocenters. The van der Waals surface area contributed by atoms with Gasteiger partial charge in [-0.1, -0.05) is 0 Å². The summed E-state index contributed by atoms with van der Waals surface area (Å²) in [6, 6.07) is 0. The first kappa shape index (κ1) is 10.9. The van der Waals surface area contributed by atoms with Gasteiger partial charge in [-0.25, -0.2) is 13.8 Å². The maximum atomic E-state index is 12.7. The van der Waals surface area contributed by atoms with Gasteiger partial charge in [0.1, 0.15) is 11.8 Å². The highest BCUT2D eigenvalue weighted by Crippen LogP contribution is 2.35. The fourth-order valence-corrected chi connectivity index (χ4v) is 1.30. The van der Waals surface area contributed by atoms with Crippen molar-refractivity contribution in [2.45, 2.75) is 6.43 Å². The first-order valence-electron chi connectivity index (χ1n) is 3.21. The van der Waals surface area contributed by atoms with E-state index in [9.17, 15) is 23.3 Å². The Bertz CT molecular complexity index is 386. The van der Waals surface area contributed by atoms with E-state index in [4.69, 9.17) is 0 Å². The minimum atomic E-state index is -3.14. The van der Waals surface area contributed by atoms with Gasteiger partial charge in [0.15, 0.2) is 0 Å². The number of nitrogens with zero attached hydrogens (tertiary/aromatic N) is 2. The van der Waals surface area contributed by atoms with Gasteiger partial charge in [0.05, 0.1) is 9.40 Å². The van der Waals surface area contributed by atoms with Gasteiger partial charge in [-0.05, 0) is 15.9 Å². The Labute approximate surface area is 84.0 Å². The lowest BCUT2D eigenvalue weighted by atomic mass is 10.2. The van der Waals surface area contributed by atoms with E-state index in [2.05, 4.69) is 20.9 Å². The van der Waals surface area contributed by atoms with Gasteiger partial charge in [0.2, 0.25) is 5.95 Å². The van der Waals surface area contributed by atoms with Crippen molar-refractivity contribution in [3.63, 3.8) is 0 Å². The molecule has 0 aliphatic rings. The highest BCUT2D eigenvalue weighted by atomic mass is 79.9. The van der Waals surface area contributed by atoms with Crippen LogP contribution in [0.4, 0.5) is 18.9 Å². The van der Waals surface area contributed by atoms with Crippen LogP contribution in [0.2, 0.25) is 0 Å². The first-order chi connectivity index (χ1) is 6.45. The van der Waals surface area contributed by atoms with Crippen molar-refractivity contribution in [3.8, 4) is 0 Å². The van der Waals surface area contributed by atoms with Gasteiger partial charge in [-0.15, -0.1) is 0 Å². The molecule has 1 aromatic rings. The molecule has 0 unspecified atom stereocenters. The van der Waals surface area contributed by atoms with E-state index in [1.165, 1.54) is 0 Å². The number of halogens is 4. The molecule has 14 heavy (non-hydrogen) atoms. The van der Waals surface area contributed by atoms with Crippen molar-refractivity contribution in [2.75, 3.05) is 0 Å². The highest BCUT2D eigenvalue weighted by molar-refractivity contribution is 9.10. The third-order valence-electron chi connectivity index (χ3n) is 1.41. The van der Waals surface area contributed by atoms with E-state index < -0.39 is 33.0 Å². The average molecular weight is 271 g/mol. The molecule has 0 aromatic carbocycles. The minimum Gasteiger partial charge on any atom is -0.258 e. The molecule has 0 aliphatic heterocycles. The number of alkyl halides is 2. The van der Waals surface area contributed by atoms with Crippen LogP contribution in [-0.2, 0) is 0 Å². The molecule has 0 saturated heterocycles. The van der Waals surface area contributed by atoms with Crippen LogP contribution in [0, 0.1) is 16.1 Å². The second-order valence-corrected chi connectivity index (χ2v) is 3.01. The van der Waals surface area contributed by atoms with Gasteiger partial charge in [0.25, 0.3) is 12.1 Å². The number of aromatic nitrogens is 1. The molecule has 76 valence electrons. The van der Waals surface area contributed by atoms with Crippen LogP contribution in [0.1, 0.15) is 12.0 Å². The van der Waals surface area contributed by atoms with Crippen LogP contribution in [0.15, 0.2) is 10.7 Å². The molecular formula is C6H2BrF3N2O2. The molecule has 0 aliphatic carbocycles. The fraction of sp³-hybridized carbons (Fsp3) is 0.167. The quantitative estimate of drug-likeness (QED) is 0.472. The summed E-state index contributed by atoms with van der Waals surface area (Å²) in [6.07, 6.45) is -2.68. The topological polar surface area (TPSA) is 56.0 Å². The molecule has 4 nitrogen and oxygen atoms in total. The van der Waals surface area contributed by atoms with E-state index in [1.807, 2.05) is 0 Å². The molecule has 8 heteroatoms. The van der Waals surface area contributed by atoms with Gasteiger partial charge >= 0.3 is 0 Å². The average Bonchev–Trinajstić information content (AvgIpc) is 2.08. The van der Waals surface area contributed by atoms with E-state index in [-0.39, 0.29) is 0 Å². The Hall–Kier alpha value is -1.18. The van der Waals surface area contributed by atoms with Gasteiger partial charge in [-0.2, -0.15) is 4.39 Å². The van der Waals surface area contributed by atoms with Crippen LogP contribution in [0.3, 0.4) is 0 Å². The van der Waals surface area contributed by atoms with E-state index in [0.717, 1.165) is 0 Å². The normalized spacial score (nSPS) is 10.6. The van der Waals surface area contributed by atoms with E-state index in [0.29, 0.717) is 6.20 Å². The molecule has 1 rings (SSSR count).